The highest BCUT2D eigenvalue weighted by Gasteiger charge is 2.07. The standard InChI is InChI=1S/C18H19N3O2/c1-3-17-20-14-9-8-13(10-15(14)21-17)19-18(22)11-23-16-7-5-4-6-12(16)2/h4-10H,3,11H2,1-2H3,(H,19,22)(H,20,21). The number of aryl methyl sites for hydroxylation is 2. The summed E-state index contributed by atoms with van der Waals surface area (Å²) in [6.45, 7) is 3.97. The van der Waals surface area contributed by atoms with Gasteiger partial charge in [0.15, 0.2) is 6.61 Å². The van der Waals surface area contributed by atoms with Gasteiger partial charge in [-0.25, -0.2) is 4.98 Å². The fraction of sp³-hybridized carbons (Fsp3) is 0.222. The molecule has 1 amide bonds. The molecule has 0 aliphatic rings. The van der Waals surface area contributed by atoms with Crippen LogP contribution in [0, 0.1) is 6.92 Å². The van der Waals surface area contributed by atoms with Gasteiger partial charge in [0.2, 0.25) is 0 Å². The van der Waals surface area contributed by atoms with Crippen LogP contribution in [0.4, 0.5) is 5.69 Å². The van der Waals surface area contributed by atoms with Gasteiger partial charge in [-0.2, -0.15) is 0 Å². The number of carbonyl (C=O) groups excluding carboxylic acids is 1. The molecule has 1 heterocycles. The highest BCUT2D eigenvalue weighted by molar-refractivity contribution is 5.94. The van der Waals surface area contributed by atoms with E-state index in [1.165, 1.54) is 0 Å². The molecule has 118 valence electrons. The molecule has 0 saturated heterocycles. The molecule has 0 aliphatic carbocycles. The molecular formula is C18H19N3O2. The molecule has 3 rings (SSSR count). The molecule has 0 spiro atoms. The van der Waals surface area contributed by atoms with Gasteiger partial charge in [-0.3, -0.25) is 4.79 Å². The number of para-hydroxylation sites is 1. The molecule has 0 radical (unpaired) electrons. The number of benzene rings is 2. The number of fused-ring (bicyclic) bond motifs is 1. The Balaban J connectivity index is 1.64. The maximum atomic E-state index is 12.0. The summed E-state index contributed by atoms with van der Waals surface area (Å²) in [5.74, 6) is 1.47. The number of nitrogens with one attached hydrogen (secondary N) is 2. The SMILES string of the molecule is CCc1nc2ccc(NC(=O)COc3ccccc3C)cc2[nH]1. The summed E-state index contributed by atoms with van der Waals surface area (Å²) in [7, 11) is 0. The minimum atomic E-state index is -0.192. The predicted molar refractivity (Wildman–Crippen MR) is 90.8 cm³/mol. The maximum Gasteiger partial charge on any atom is 0.262 e. The van der Waals surface area contributed by atoms with E-state index in [-0.39, 0.29) is 12.5 Å². The number of H-pyrrole nitrogens is 1. The number of ether oxygens (including phenoxy) is 1. The molecule has 0 unspecified atom stereocenters. The topological polar surface area (TPSA) is 67.0 Å². The van der Waals surface area contributed by atoms with Crippen molar-refractivity contribution in [2.24, 2.45) is 0 Å². The molecule has 0 bridgehead atoms. The highest BCUT2D eigenvalue weighted by atomic mass is 16.5. The lowest BCUT2D eigenvalue weighted by atomic mass is 10.2. The second-order valence-corrected chi connectivity index (χ2v) is 5.37. The molecule has 0 aliphatic heterocycles. The number of nitrogens with zero attached hydrogens (tertiary/aromatic N) is 1. The van der Waals surface area contributed by atoms with Crippen molar-refractivity contribution in [2.45, 2.75) is 20.3 Å². The van der Waals surface area contributed by atoms with Crippen molar-refractivity contribution < 1.29 is 9.53 Å². The van der Waals surface area contributed by atoms with Crippen LogP contribution in [0.1, 0.15) is 18.3 Å². The van der Waals surface area contributed by atoms with Gasteiger partial charge in [0.05, 0.1) is 11.0 Å². The van der Waals surface area contributed by atoms with Gasteiger partial charge in [-0.1, -0.05) is 25.1 Å². The van der Waals surface area contributed by atoms with Crippen LogP contribution in [0.25, 0.3) is 11.0 Å². The second kappa shape index (κ2) is 6.52. The van der Waals surface area contributed by atoms with Crippen LogP contribution in [-0.2, 0) is 11.2 Å². The van der Waals surface area contributed by atoms with Crippen molar-refractivity contribution in [3.63, 3.8) is 0 Å². The van der Waals surface area contributed by atoms with Gasteiger partial charge in [0.25, 0.3) is 5.91 Å². The number of aromatic nitrogens is 2. The largest absolute Gasteiger partial charge is 0.483 e. The Labute approximate surface area is 134 Å². The highest BCUT2D eigenvalue weighted by Crippen LogP contribution is 2.18. The van der Waals surface area contributed by atoms with Crippen LogP contribution >= 0.6 is 0 Å². The Kier molecular flexibility index (Phi) is 4.28. The number of hydrogen-bond acceptors (Lipinski definition) is 3. The first-order valence-corrected chi connectivity index (χ1v) is 7.62. The Bertz CT molecular complexity index is 839. The number of anilines is 1. The average Bonchev–Trinajstić information content (AvgIpc) is 2.96. The van der Waals surface area contributed by atoms with E-state index < -0.39 is 0 Å². The van der Waals surface area contributed by atoms with Gasteiger partial charge >= 0.3 is 0 Å². The lowest BCUT2D eigenvalue weighted by molar-refractivity contribution is -0.118. The van der Waals surface area contributed by atoms with E-state index in [0.29, 0.717) is 0 Å². The summed E-state index contributed by atoms with van der Waals surface area (Å²) in [4.78, 5) is 19.7. The van der Waals surface area contributed by atoms with Crippen molar-refractivity contribution in [1.82, 2.24) is 9.97 Å². The molecule has 2 aromatic carbocycles. The van der Waals surface area contributed by atoms with E-state index in [9.17, 15) is 4.79 Å². The molecule has 0 fully saturated rings. The number of amides is 1. The summed E-state index contributed by atoms with van der Waals surface area (Å²) in [6, 6.07) is 13.2. The van der Waals surface area contributed by atoms with Crippen molar-refractivity contribution in [3.8, 4) is 5.75 Å². The van der Waals surface area contributed by atoms with Crippen LogP contribution in [0.2, 0.25) is 0 Å². The van der Waals surface area contributed by atoms with Crippen molar-refractivity contribution >= 4 is 22.6 Å². The van der Waals surface area contributed by atoms with Gasteiger partial charge < -0.3 is 15.0 Å². The van der Waals surface area contributed by atoms with Crippen LogP contribution < -0.4 is 10.1 Å². The summed E-state index contributed by atoms with van der Waals surface area (Å²) in [5.41, 5.74) is 3.55. The zero-order valence-electron chi connectivity index (χ0n) is 13.2. The molecule has 0 atom stereocenters. The molecule has 3 aromatic rings. The summed E-state index contributed by atoms with van der Waals surface area (Å²) in [5, 5.41) is 2.84. The van der Waals surface area contributed by atoms with E-state index >= 15 is 0 Å². The van der Waals surface area contributed by atoms with Crippen molar-refractivity contribution in [3.05, 3.63) is 53.9 Å². The predicted octanol–water partition coefficient (Wildman–Crippen LogP) is 3.45. The van der Waals surface area contributed by atoms with Gasteiger partial charge in [0, 0.05) is 12.1 Å². The van der Waals surface area contributed by atoms with Crippen LogP contribution in [0.3, 0.4) is 0 Å². The van der Waals surface area contributed by atoms with Crippen molar-refractivity contribution in [2.75, 3.05) is 11.9 Å². The fourth-order valence-electron chi connectivity index (χ4n) is 2.37. The lowest BCUT2D eigenvalue weighted by Gasteiger charge is -2.09. The quantitative estimate of drug-likeness (QED) is 0.758. The molecule has 2 N–H and O–H groups in total. The van der Waals surface area contributed by atoms with Crippen molar-refractivity contribution in [1.29, 1.82) is 0 Å². The monoisotopic (exact) mass is 309 g/mol. The first-order valence-electron chi connectivity index (χ1n) is 7.62. The zero-order chi connectivity index (χ0) is 16.2. The molecule has 5 heteroatoms. The van der Waals surface area contributed by atoms with Crippen LogP contribution in [0.5, 0.6) is 5.75 Å². The average molecular weight is 309 g/mol. The Morgan fingerprint density at radius 1 is 1.26 bits per heavy atom. The minimum absolute atomic E-state index is 0.0217. The third-order valence-electron chi connectivity index (χ3n) is 3.60. The van der Waals surface area contributed by atoms with E-state index in [4.69, 9.17) is 4.74 Å². The zero-order valence-corrected chi connectivity index (χ0v) is 13.2. The molecule has 23 heavy (non-hydrogen) atoms. The smallest absolute Gasteiger partial charge is 0.262 e. The molecule has 5 nitrogen and oxygen atoms in total. The fourth-order valence-corrected chi connectivity index (χ4v) is 2.37. The van der Waals surface area contributed by atoms with E-state index in [0.717, 1.165) is 40.3 Å². The molecular weight excluding hydrogens is 290 g/mol. The normalized spacial score (nSPS) is 10.7. The number of imidazole rings is 1. The van der Waals surface area contributed by atoms with Gasteiger partial charge in [0.1, 0.15) is 11.6 Å². The maximum absolute atomic E-state index is 12.0. The van der Waals surface area contributed by atoms with Crippen LogP contribution in [0.15, 0.2) is 42.5 Å². The van der Waals surface area contributed by atoms with E-state index in [2.05, 4.69) is 15.3 Å². The summed E-state index contributed by atoms with van der Waals surface area (Å²) >= 11 is 0. The summed E-state index contributed by atoms with van der Waals surface area (Å²) in [6.07, 6.45) is 0.848. The Morgan fingerprint density at radius 2 is 2.09 bits per heavy atom. The molecule has 0 saturated carbocycles. The second-order valence-electron chi connectivity index (χ2n) is 5.37. The van der Waals surface area contributed by atoms with E-state index in [1.54, 1.807) is 0 Å². The number of hydrogen-bond donors (Lipinski definition) is 2. The first-order chi connectivity index (χ1) is 11.2. The first kappa shape index (κ1) is 15.1. The number of rotatable bonds is 5. The van der Waals surface area contributed by atoms with Gasteiger partial charge in [-0.05, 0) is 36.8 Å². The number of carbonyl (C=O) groups is 1. The Morgan fingerprint density at radius 3 is 2.87 bits per heavy atom. The van der Waals surface area contributed by atoms with Gasteiger partial charge in [-0.15, -0.1) is 0 Å². The summed E-state index contributed by atoms with van der Waals surface area (Å²) < 4.78 is 5.55. The minimum Gasteiger partial charge on any atom is -0.483 e. The third-order valence-corrected chi connectivity index (χ3v) is 3.60. The third kappa shape index (κ3) is 3.51. The lowest BCUT2D eigenvalue weighted by Crippen LogP contribution is -2.20. The number of aromatic amines is 1. The molecule has 1 aromatic heterocycles. The van der Waals surface area contributed by atoms with E-state index in [1.807, 2.05) is 56.3 Å². The van der Waals surface area contributed by atoms with Crippen LogP contribution in [-0.4, -0.2) is 22.5 Å². The Hall–Kier alpha value is -2.82.